The smallest absolute Gasteiger partial charge is 0.124 e. The van der Waals surface area contributed by atoms with Crippen molar-refractivity contribution in [3.63, 3.8) is 0 Å². The fraction of sp³-hybridized carbons (Fsp3) is 0.520. The summed E-state index contributed by atoms with van der Waals surface area (Å²) in [6.45, 7) is 10.4. The molecule has 32 heavy (non-hydrogen) atoms. The van der Waals surface area contributed by atoms with E-state index in [2.05, 4.69) is 36.2 Å². The minimum Gasteiger partial charge on any atom is -0.489 e. The van der Waals surface area contributed by atoms with Crippen molar-refractivity contribution < 1.29 is 4.74 Å². The second kappa shape index (κ2) is 18.7. The fourth-order valence-corrected chi connectivity index (χ4v) is 3.80. The summed E-state index contributed by atoms with van der Waals surface area (Å²) in [7, 11) is 0. The van der Waals surface area contributed by atoms with Gasteiger partial charge in [-0.25, -0.2) is 0 Å². The number of ether oxygens (including phenoxy) is 1. The summed E-state index contributed by atoms with van der Waals surface area (Å²) in [5.74, 6) is 0.892. The Labute approximate surface area is 217 Å². The van der Waals surface area contributed by atoms with Crippen LogP contribution in [-0.4, -0.2) is 31.1 Å². The molecule has 0 atom stereocenters. The molecule has 0 bridgehead atoms. The Morgan fingerprint density at radius 1 is 0.844 bits per heavy atom. The van der Waals surface area contributed by atoms with Crippen molar-refractivity contribution in [2.24, 2.45) is 0 Å². The first-order chi connectivity index (χ1) is 14.6. The highest BCUT2D eigenvalue weighted by molar-refractivity contribution is 6.35. The van der Waals surface area contributed by atoms with E-state index < -0.39 is 0 Å². The Morgan fingerprint density at radius 2 is 1.50 bits per heavy atom. The minimum atomic E-state index is 0. The molecule has 182 valence electrons. The van der Waals surface area contributed by atoms with Crippen molar-refractivity contribution in [3.05, 3.63) is 63.6 Å². The van der Waals surface area contributed by atoms with Crippen molar-refractivity contribution >= 4 is 48.0 Å². The predicted octanol–water partition coefficient (Wildman–Crippen LogP) is 7.80. The van der Waals surface area contributed by atoms with Crippen molar-refractivity contribution in [3.8, 4) is 5.75 Å². The van der Waals surface area contributed by atoms with Gasteiger partial charge in [-0.1, -0.05) is 74.2 Å². The topological polar surface area (TPSA) is 24.5 Å². The second-order valence-electron chi connectivity index (χ2n) is 7.71. The Hall–Kier alpha value is -0.680. The lowest BCUT2D eigenvalue weighted by atomic mass is 10.2. The lowest BCUT2D eigenvalue weighted by molar-refractivity contribution is 0.260. The second-order valence-corrected chi connectivity index (χ2v) is 8.55. The molecule has 0 radical (unpaired) electrons. The predicted molar refractivity (Wildman–Crippen MR) is 144 cm³/mol. The fourth-order valence-electron chi connectivity index (χ4n) is 3.33. The zero-order chi connectivity index (χ0) is 21.6. The highest BCUT2D eigenvalue weighted by Gasteiger charge is 2.07. The molecule has 0 aliphatic carbocycles. The number of nitrogens with one attached hydrogen (secondary N) is 1. The van der Waals surface area contributed by atoms with E-state index >= 15 is 0 Å². The monoisotopic (exact) mass is 522 g/mol. The van der Waals surface area contributed by atoms with E-state index in [1.807, 2.05) is 24.3 Å². The quantitative estimate of drug-likeness (QED) is 0.241. The van der Waals surface area contributed by atoms with Gasteiger partial charge in [0.1, 0.15) is 12.4 Å². The molecule has 2 rings (SSSR count). The van der Waals surface area contributed by atoms with Gasteiger partial charge in [-0.15, -0.1) is 24.8 Å². The number of hydrogen-bond acceptors (Lipinski definition) is 3. The molecule has 0 unspecified atom stereocenters. The Balaban J connectivity index is 0.00000480. The molecule has 0 heterocycles. The molecular formula is C25H38Cl4N2O. The third-order valence-corrected chi connectivity index (χ3v) is 5.76. The van der Waals surface area contributed by atoms with Crippen LogP contribution in [0, 0.1) is 0 Å². The molecule has 3 nitrogen and oxygen atoms in total. The Kier molecular flexibility index (Phi) is 18.3. The summed E-state index contributed by atoms with van der Waals surface area (Å²) in [6.07, 6.45) is 6.27. The van der Waals surface area contributed by atoms with E-state index in [-0.39, 0.29) is 24.8 Å². The molecule has 0 aliphatic rings. The molecule has 0 amide bonds. The first kappa shape index (κ1) is 31.3. The van der Waals surface area contributed by atoms with Crippen molar-refractivity contribution in [2.75, 3.05) is 26.2 Å². The zero-order valence-electron chi connectivity index (χ0n) is 19.2. The van der Waals surface area contributed by atoms with Gasteiger partial charge >= 0.3 is 0 Å². The van der Waals surface area contributed by atoms with Gasteiger partial charge in [-0.3, -0.25) is 0 Å². The molecule has 2 aromatic rings. The van der Waals surface area contributed by atoms with Crippen LogP contribution in [0.2, 0.25) is 10.0 Å². The number of halogens is 4. The van der Waals surface area contributed by atoms with Gasteiger partial charge in [-0.2, -0.15) is 0 Å². The maximum Gasteiger partial charge on any atom is 0.124 e. The molecule has 0 aliphatic heterocycles. The molecule has 0 spiro atoms. The molecule has 1 N–H and O–H groups in total. The van der Waals surface area contributed by atoms with E-state index in [9.17, 15) is 0 Å². The van der Waals surface area contributed by atoms with Crippen LogP contribution in [0.5, 0.6) is 5.75 Å². The number of para-hydroxylation sites is 1. The van der Waals surface area contributed by atoms with E-state index in [0.29, 0.717) is 16.7 Å². The molecular weight excluding hydrogens is 486 g/mol. The van der Waals surface area contributed by atoms with Crippen LogP contribution in [0.3, 0.4) is 0 Å². The lowest BCUT2D eigenvalue weighted by Crippen LogP contribution is -2.29. The molecule has 0 saturated heterocycles. The number of benzene rings is 2. The standard InChI is InChI=1S/C25H36Cl2N2O.2ClH/c1-3-5-15-29(16-6-4-2)17-9-14-28-19-21-10-7-8-11-25(21)30-20-22-12-13-23(26)18-24(22)27;;/h7-8,10-13,18,28H,3-6,9,14-17,19-20H2,1-2H3;2*1H. The number of nitrogens with zero attached hydrogens (tertiary/aromatic N) is 1. The van der Waals surface area contributed by atoms with Crippen LogP contribution in [0.4, 0.5) is 0 Å². The van der Waals surface area contributed by atoms with Crippen LogP contribution in [0.25, 0.3) is 0 Å². The summed E-state index contributed by atoms with van der Waals surface area (Å²) in [5.41, 5.74) is 2.10. The van der Waals surface area contributed by atoms with Crippen LogP contribution < -0.4 is 10.1 Å². The maximum atomic E-state index is 6.26. The normalized spacial score (nSPS) is 10.5. The number of unbranched alkanes of at least 4 members (excludes halogenated alkanes) is 2. The first-order valence-electron chi connectivity index (χ1n) is 11.2. The number of rotatable bonds is 15. The third-order valence-electron chi connectivity index (χ3n) is 5.17. The van der Waals surface area contributed by atoms with Crippen LogP contribution >= 0.6 is 48.0 Å². The molecule has 7 heteroatoms. The molecule has 0 saturated carbocycles. The summed E-state index contributed by atoms with van der Waals surface area (Å²) >= 11 is 12.2. The van der Waals surface area contributed by atoms with E-state index in [4.69, 9.17) is 27.9 Å². The summed E-state index contributed by atoms with van der Waals surface area (Å²) in [6, 6.07) is 13.7. The van der Waals surface area contributed by atoms with E-state index in [0.717, 1.165) is 36.4 Å². The van der Waals surface area contributed by atoms with Gasteiger partial charge in [0.2, 0.25) is 0 Å². The third kappa shape index (κ3) is 12.0. The van der Waals surface area contributed by atoms with Crippen LogP contribution in [0.1, 0.15) is 57.1 Å². The summed E-state index contributed by atoms with van der Waals surface area (Å²) < 4.78 is 6.05. The van der Waals surface area contributed by atoms with Gasteiger partial charge in [0.25, 0.3) is 0 Å². The minimum absolute atomic E-state index is 0. The summed E-state index contributed by atoms with van der Waals surface area (Å²) in [5, 5.41) is 4.85. The molecule has 0 aromatic heterocycles. The first-order valence-corrected chi connectivity index (χ1v) is 12.0. The molecule has 0 fully saturated rings. The largest absolute Gasteiger partial charge is 0.489 e. The lowest BCUT2D eigenvalue weighted by Gasteiger charge is -2.22. The van der Waals surface area contributed by atoms with Crippen molar-refractivity contribution in [2.45, 2.75) is 59.1 Å². The van der Waals surface area contributed by atoms with E-state index in [1.165, 1.54) is 45.3 Å². The average molecular weight is 524 g/mol. The highest BCUT2D eigenvalue weighted by Crippen LogP contribution is 2.24. The average Bonchev–Trinajstić information content (AvgIpc) is 2.75. The van der Waals surface area contributed by atoms with Crippen LogP contribution in [-0.2, 0) is 13.2 Å². The van der Waals surface area contributed by atoms with Gasteiger partial charge in [0.15, 0.2) is 0 Å². The Morgan fingerprint density at radius 3 is 2.16 bits per heavy atom. The number of hydrogen-bond donors (Lipinski definition) is 1. The zero-order valence-corrected chi connectivity index (χ0v) is 22.4. The van der Waals surface area contributed by atoms with Gasteiger partial charge < -0.3 is 15.0 Å². The SMILES string of the molecule is CCCCN(CCCC)CCCNCc1ccccc1OCc1ccc(Cl)cc1Cl.Cl.Cl. The molecule has 2 aromatic carbocycles. The van der Waals surface area contributed by atoms with Gasteiger partial charge in [-0.05, 0) is 63.6 Å². The Bertz CT molecular complexity index is 738. The van der Waals surface area contributed by atoms with Gasteiger partial charge in [0, 0.05) is 27.7 Å². The van der Waals surface area contributed by atoms with Gasteiger partial charge in [0.05, 0.1) is 0 Å². The summed E-state index contributed by atoms with van der Waals surface area (Å²) in [4.78, 5) is 2.61. The highest BCUT2D eigenvalue weighted by atomic mass is 35.5. The van der Waals surface area contributed by atoms with E-state index in [1.54, 1.807) is 6.07 Å². The van der Waals surface area contributed by atoms with Crippen molar-refractivity contribution in [1.29, 1.82) is 0 Å². The maximum absolute atomic E-state index is 6.26. The van der Waals surface area contributed by atoms with Crippen LogP contribution in [0.15, 0.2) is 42.5 Å². The van der Waals surface area contributed by atoms with Crippen molar-refractivity contribution in [1.82, 2.24) is 10.2 Å².